The van der Waals surface area contributed by atoms with Gasteiger partial charge in [-0.25, -0.2) is 0 Å². The fourth-order valence-corrected chi connectivity index (χ4v) is 2.10. The van der Waals surface area contributed by atoms with E-state index in [1.807, 2.05) is 6.92 Å². The van der Waals surface area contributed by atoms with Crippen LogP contribution in [0, 0.1) is 6.92 Å². The first kappa shape index (κ1) is 13.0. The number of rotatable bonds is 4. The van der Waals surface area contributed by atoms with Gasteiger partial charge in [-0.1, -0.05) is 22.0 Å². The molecular formula is C11H14BrNO3. The van der Waals surface area contributed by atoms with Crippen LogP contribution < -0.4 is 5.73 Å². The van der Waals surface area contributed by atoms with Crippen molar-refractivity contribution in [2.75, 3.05) is 0 Å². The summed E-state index contributed by atoms with van der Waals surface area (Å²) in [7, 11) is 0. The Kier molecular flexibility index (Phi) is 4.32. The minimum atomic E-state index is -0.890. The lowest BCUT2D eigenvalue weighted by Crippen LogP contribution is -2.13. The van der Waals surface area contributed by atoms with Crippen LogP contribution in [0.5, 0.6) is 5.75 Å². The number of carboxylic acids is 1. The van der Waals surface area contributed by atoms with E-state index in [-0.39, 0.29) is 12.2 Å². The first-order valence-corrected chi connectivity index (χ1v) is 5.68. The highest BCUT2D eigenvalue weighted by molar-refractivity contribution is 9.10. The van der Waals surface area contributed by atoms with Crippen molar-refractivity contribution in [2.45, 2.75) is 25.8 Å². The molecule has 5 heteroatoms. The van der Waals surface area contributed by atoms with Crippen LogP contribution in [0.4, 0.5) is 0 Å². The van der Waals surface area contributed by atoms with Crippen molar-refractivity contribution in [1.29, 1.82) is 0 Å². The van der Waals surface area contributed by atoms with Crippen LogP contribution >= 0.6 is 15.9 Å². The van der Waals surface area contributed by atoms with E-state index >= 15 is 0 Å². The van der Waals surface area contributed by atoms with E-state index in [1.54, 1.807) is 12.1 Å². The summed E-state index contributed by atoms with van der Waals surface area (Å²) < 4.78 is 0.741. The molecule has 0 amide bonds. The molecule has 1 rings (SSSR count). The Hall–Kier alpha value is -1.07. The lowest BCUT2D eigenvalue weighted by Gasteiger charge is -2.16. The first-order valence-electron chi connectivity index (χ1n) is 4.88. The smallest absolute Gasteiger partial charge is 0.303 e. The SMILES string of the molecule is Cc1ccc(O)c(C(N)CCC(=O)O)c1Br. The Morgan fingerprint density at radius 2 is 2.19 bits per heavy atom. The fourth-order valence-electron chi connectivity index (χ4n) is 1.47. The summed E-state index contributed by atoms with van der Waals surface area (Å²) in [6.07, 6.45) is 0.284. The second kappa shape index (κ2) is 5.32. The van der Waals surface area contributed by atoms with Crippen LogP contribution in [0.1, 0.15) is 30.0 Å². The van der Waals surface area contributed by atoms with Gasteiger partial charge >= 0.3 is 5.97 Å². The highest BCUT2D eigenvalue weighted by Gasteiger charge is 2.17. The maximum absolute atomic E-state index is 10.4. The van der Waals surface area contributed by atoms with Gasteiger partial charge < -0.3 is 15.9 Å². The number of phenols is 1. The molecule has 1 aromatic carbocycles. The number of halogens is 1. The summed E-state index contributed by atoms with van der Waals surface area (Å²) in [5.41, 5.74) is 7.39. The van der Waals surface area contributed by atoms with Crippen molar-refractivity contribution >= 4 is 21.9 Å². The third-order valence-electron chi connectivity index (χ3n) is 2.39. The van der Waals surface area contributed by atoms with E-state index in [9.17, 15) is 9.90 Å². The first-order chi connectivity index (χ1) is 7.43. The van der Waals surface area contributed by atoms with Gasteiger partial charge in [0.25, 0.3) is 0 Å². The molecular weight excluding hydrogens is 274 g/mol. The van der Waals surface area contributed by atoms with Gasteiger partial charge in [-0.3, -0.25) is 4.79 Å². The molecule has 0 saturated carbocycles. The molecule has 4 nitrogen and oxygen atoms in total. The Balaban J connectivity index is 2.94. The largest absolute Gasteiger partial charge is 0.508 e. The quantitative estimate of drug-likeness (QED) is 0.794. The zero-order valence-corrected chi connectivity index (χ0v) is 10.5. The van der Waals surface area contributed by atoms with Crippen molar-refractivity contribution in [2.24, 2.45) is 5.73 Å². The van der Waals surface area contributed by atoms with Crippen molar-refractivity contribution in [1.82, 2.24) is 0 Å². The lowest BCUT2D eigenvalue weighted by atomic mass is 10.00. The van der Waals surface area contributed by atoms with E-state index in [1.165, 1.54) is 0 Å². The summed E-state index contributed by atoms with van der Waals surface area (Å²) in [6, 6.07) is 2.86. The summed E-state index contributed by atoms with van der Waals surface area (Å²) in [4.78, 5) is 10.4. The van der Waals surface area contributed by atoms with Gasteiger partial charge in [-0.2, -0.15) is 0 Å². The van der Waals surface area contributed by atoms with Gasteiger partial charge in [-0.05, 0) is 25.0 Å². The van der Waals surface area contributed by atoms with Gasteiger partial charge in [0, 0.05) is 22.5 Å². The zero-order valence-electron chi connectivity index (χ0n) is 8.90. The number of benzene rings is 1. The Morgan fingerprint density at radius 3 is 2.75 bits per heavy atom. The number of hydrogen-bond acceptors (Lipinski definition) is 3. The predicted molar refractivity (Wildman–Crippen MR) is 64.3 cm³/mol. The van der Waals surface area contributed by atoms with E-state index in [0.717, 1.165) is 10.0 Å². The van der Waals surface area contributed by atoms with Gasteiger partial charge in [0.15, 0.2) is 0 Å². The number of carbonyl (C=O) groups is 1. The average molecular weight is 288 g/mol. The molecule has 0 heterocycles. The number of nitrogens with two attached hydrogens (primary N) is 1. The third kappa shape index (κ3) is 2.96. The van der Waals surface area contributed by atoms with Crippen LogP contribution in [-0.2, 0) is 4.79 Å². The molecule has 0 aromatic heterocycles. The molecule has 0 bridgehead atoms. The molecule has 0 saturated heterocycles. The minimum absolute atomic E-state index is 0.0129. The molecule has 88 valence electrons. The van der Waals surface area contributed by atoms with Gasteiger partial charge in [0.05, 0.1) is 0 Å². The van der Waals surface area contributed by atoms with Crippen LogP contribution in [-0.4, -0.2) is 16.2 Å². The van der Waals surface area contributed by atoms with Crippen molar-refractivity contribution < 1.29 is 15.0 Å². The number of hydrogen-bond donors (Lipinski definition) is 3. The number of aryl methyl sites for hydroxylation is 1. The molecule has 0 aliphatic carbocycles. The van der Waals surface area contributed by atoms with E-state index < -0.39 is 12.0 Å². The summed E-state index contributed by atoms with van der Waals surface area (Å²) in [5, 5.41) is 18.3. The normalized spacial score (nSPS) is 12.4. The number of aliphatic carboxylic acids is 1. The average Bonchev–Trinajstić information content (AvgIpc) is 2.21. The maximum Gasteiger partial charge on any atom is 0.303 e. The third-order valence-corrected chi connectivity index (χ3v) is 3.44. The molecule has 1 unspecified atom stereocenters. The Bertz CT molecular complexity index is 406. The van der Waals surface area contributed by atoms with Gasteiger partial charge in [0.1, 0.15) is 5.75 Å². The summed E-state index contributed by atoms with van der Waals surface area (Å²) in [6.45, 7) is 1.89. The molecule has 0 fully saturated rings. The molecule has 16 heavy (non-hydrogen) atoms. The van der Waals surface area contributed by atoms with Crippen molar-refractivity contribution in [3.05, 3.63) is 27.7 Å². The van der Waals surface area contributed by atoms with Crippen molar-refractivity contribution in [3.8, 4) is 5.75 Å². The molecule has 0 aliphatic rings. The van der Waals surface area contributed by atoms with E-state index in [0.29, 0.717) is 12.0 Å². The maximum atomic E-state index is 10.4. The van der Waals surface area contributed by atoms with Crippen LogP contribution in [0.3, 0.4) is 0 Å². The lowest BCUT2D eigenvalue weighted by molar-refractivity contribution is -0.137. The number of phenolic OH excluding ortho intramolecular Hbond substituents is 1. The summed E-state index contributed by atoms with van der Waals surface area (Å²) in [5.74, 6) is -0.797. The second-order valence-electron chi connectivity index (χ2n) is 3.67. The van der Waals surface area contributed by atoms with Gasteiger partial charge in [-0.15, -0.1) is 0 Å². The van der Waals surface area contributed by atoms with Crippen LogP contribution in [0.2, 0.25) is 0 Å². The molecule has 1 aromatic rings. The number of carboxylic acid groups (broad SMARTS) is 1. The van der Waals surface area contributed by atoms with E-state index in [2.05, 4.69) is 15.9 Å². The highest BCUT2D eigenvalue weighted by atomic mass is 79.9. The van der Waals surface area contributed by atoms with E-state index in [4.69, 9.17) is 10.8 Å². The highest BCUT2D eigenvalue weighted by Crippen LogP contribution is 2.34. The minimum Gasteiger partial charge on any atom is -0.508 e. The van der Waals surface area contributed by atoms with Crippen LogP contribution in [0.15, 0.2) is 16.6 Å². The Morgan fingerprint density at radius 1 is 1.56 bits per heavy atom. The molecule has 1 atom stereocenters. The molecule has 4 N–H and O–H groups in total. The summed E-state index contributed by atoms with van der Waals surface area (Å²) >= 11 is 3.35. The second-order valence-corrected chi connectivity index (χ2v) is 4.46. The zero-order chi connectivity index (χ0) is 12.3. The predicted octanol–water partition coefficient (Wildman–Crippen LogP) is 2.33. The van der Waals surface area contributed by atoms with Gasteiger partial charge in [0.2, 0.25) is 0 Å². The molecule has 0 aliphatic heterocycles. The van der Waals surface area contributed by atoms with Crippen LogP contribution in [0.25, 0.3) is 0 Å². The molecule has 0 spiro atoms. The monoisotopic (exact) mass is 287 g/mol. The Labute approximate surface area is 102 Å². The topological polar surface area (TPSA) is 83.5 Å². The molecule has 0 radical (unpaired) electrons. The van der Waals surface area contributed by atoms with Crippen molar-refractivity contribution in [3.63, 3.8) is 0 Å². The standard InChI is InChI=1S/C11H14BrNO3/c1-6-2-4-8(14)10(11(6)12)7(13)3-5-9(15)16/h2,4,7,14H,3,5,13H2,1H3,(H,15,16). The number of aromatic hydroxyl groups is 1. The fraction of sp³-hybridized carbons (Fsp3) is 0.364.